The van der Waals surface area contributed by atoms with Gasteiger partial charge >= 0.3 is 0 Å². The van der Waals surface area contributed by atoms with Crippen molar-refractivity contribution in [2.24, 2.45) is 0 Å². The van der Waals surface area contributed by atoms with Gasteiger partial charge in [-0.05, 0) is 30.4 Å². The quantitative estimate of drug-likeness (QED) is 0.735. The largest absolute Gasteiger partial charge is 0.481 e. The zero-order valence-corrected chi connectivity index (χ0v) is 11.5. The average Bonchev–Trinajstić information content (AvgIpc) is 2.48. The Morgan fingerprint density at radius 3 is 2.75 bits per heavy atom. The van der Waals surface area contributed by atoms with Gasteiger partial charge in [0.2, 0.25) is 5.88 Å². The Hall–Kier alpha value is -2.47. The first-order chi connectivity index (χ1) is 9.70. The van der Waals surface area contributed by atoms with E-state index in [1.807, 2.05) is 18.2 Å². The van der Waals surface area contributed by atoms with E-state index < -0.39 is 0 Å². The third-order valence-electron chi connectivity index (χ3n) is 2.99. The topological polar surface area (TPSA) is 59.9 Å². The fourth-order valence-electron chi connectivity index (χ4n) is 2.02. The highest BCUT2D eigenvalue weighted by molar-refractivity contribution is 7.71. The summed E-state index contributed by atoms with van der Waals surface area (Å²) in [5, 5.41) is 0.580. The van der Waals surface area contributed by atoms with Crippen LogP contribution in [0.2, 0.25) is 0 Å². The number of ether oxygens (including phenoxy) is 1. The number of aromatic amines is 1. The van der Waals surface area contributed by atoms with Gasteiger partial charge in [0.25, 0.3) is 5.56 Å². The molecule has 0 atom stereocenters. The first-order valence-corrected chi connectivity index (χ1v) is 6.36. The molecule has 0 saturated carbocycles. The maximum Gasteiger partial charge on any atom is 0.266 e. The smallest absolute Gasteiger partial charge is 0.266 e. The van der Waals surface area contributed by atoms with Crippen molar-refractivity contribution in [2.45, 2.75) is 0 Å². The molecule has 0 unspecified atom stereocenters. The molecular formula is C14H11N3O2S. The van der Waals surface area contributed by atoms with Crippen LogP contribution in [0.25, 0.3) is 16.6 Å². The van der Waals surface area contributed by atoms with Crippen LogP contribution in [-0.2, 0) is 0 Å². The van der Waals surface area contributed by atoms with Gasteiger partial charge in [-0.15, -0.1) is 0 Å². The molecule has 5 nitrogen and oxygen atoms in total. The lowest BCUT2D eigenvalue weighted by atomic mass is 10.2. The second-order valence-electron chi connectivity index (χ2n) is 4.18. The Labute approximate surface area is 119 Å². The Balaban J connectivity index is 2.30. The Bertz CT molecular complexity index is 881. The van der Waals surface area contributed by atoms with Crippen molar-refractivity contribution >= 4 is 23.1 Å². The number of rotatable bonds is 2. The number of nitrogens with zero attached hydrogens (tertiary/aromatic N) is 2. The van der Waals surface area contributed by atoms with E-state index in [1.165, 1.54) is 11.7 Å². The summed E-state index contributed by atoms with van der Waals surface area (Å²) in [6.07, 6.45) is 1.55. The van der Waals surface area contributed by atoms with Crippen molar-refractivity contribution in [1.82, 2.24) is 14.5 Å². The Kier molecular flexibility index (Phi) is 3.08. The zero-order chi connectivity index (χ0) is 14.1. The lowest BCUT2D eigenvalue weighted by molar-refractivity contribution is 0.398. The molecule has 0 fully saturated rings. The average molecular weight is 285 g/mol. The van der Waals surface area contributed by atoms with Crippen molar-refractivity contribution in [2.75, 3.05) is 7.11 Å². The van der Waals surface area contributed by atoms with Crippen LogP contribution in [0.1, 0.15) is 0 Å². The van der Waals surface area contributed by atoms with E-state index in [2.05, 4.69) is 9.97 Å². The van der Waals surface area contributed by atoms with Crippen LogP contribution < -0.4 is 10.3 Å². The maximum absolute atomic E-state index is 12.5. The Morgan fingerprint density at radius 2 is 2.05 bits per heavy atom. The minimum absolute atomic E-state index is 0.170. The molecule has 0 radical (unpaired) electrons. The maximum atomic E-state index is 12.5. The third kappa shape index (κ3) is 2.00. The number of hydrogen-bond acceptors (Lipinski definition) is 4. The molecule has 0 saturated heterocycles. The summed E-state index contributed by atoms with van der Waals surface area (Å²) in [5.41, 5.74) is 1.15. The first kappa shape index (κ1) is 12.6. The molecule has 100 valence electrons. The normalized spacial score (nSPS) is 10.7. The molecule has 0 bridgehead atoms. The highest BCUT2D eigenvalue weighted by atomic mass is 32.1. The van der Waals surface area contributed by atoms with Crippen LogP contribution in [0, 0.1) is 4.77 Å². The highest BCUT2D eigenvalue weighted by Crippen LogP contribution is 2.12. The fourth-order valence-corrected chi connectivity index (χ4v) is 2.32. The van der Waals surface area contributed by atoms with Gasteiger partial charge in [-0.2, -0.15) is 0 Å². The summed E-state index contributed by atoms with van der Waals surface area (Å²) in [6, 6.07) is 10.7. The predicted molar refractivity (Wildman–Crippen MR) is 79.1 cm³/mol. The summed E-state index contributed by atoms with van der Waals surface area (Å²) >= 11 is 5.26. The van der Waals surface area contributed by atoms with E-state index in [0.29, 0.717) is 21.7 Å². The van der Waals surface area contributed by atoms with Crippen molar-refractivity contribution < 1.29 is 4.74 Å². The summed E-state index contributed by atoms with van der Waals surface area (Å²) in [7, 11) is 1.54. The van der Waals surface area contributed by atoms with E-state index in [-0.39, 0.29) is 5.56 Å². The molecular weight excluding hydrogens is 274 g/mol. The third-order valence-corrected chi connectivity index (χ3v) is 3.28. The van der Waals surface area contributed by atoms with Crippen LogP contribution >= 0.6 is 12.2 Å². The second-order valence-corrected chi connectivity index (χ2v) is 4.56. The van der Waals surface area contributed by atoms with Gasteiger partial charge < -0.3 is 9.72 Å². The number of hydrogen-bond donors (Lipinski definition) is 1. The number of pyridine rings is 1. The van der Waals surface area contributed by atoms with Crippen molar-refractivity contribution in [3.8, 4) is 11.6 Å². The molecule has 0 spiro atoms. The van der Waals surface area contributed by atoms with Crippen molar-refractivity contribution in [1.29, 1.82) is 0 Å². The van der Waals surface area contributed by atoms with Crippen LogP contribution in [0.3, 0.4) is 0 Å². The zero-order valence-electron chi connectivity index (χ0n) is 10.7. The molecule has 0 aliphatic rings. The lowest BCUT2D eigenvalue weighted by Crippen LogP contribution is -2.20. The van der Waals surface area contributed by atoms with Gasteiger partial charge in [0.15, 0.2) is 4.77 Å². The molecule has 0 aliphatic heterocycles. The number of aromatic nitrogens is 3. The minimum Gasteiger partial charge on any atom is -0.481 e. The molecule has 1 N–H and O–H groups in total. The standard InChI is InChI=1S/C14H11N3O2S/c1-19-12-7-6-9(8-15-12)17-13(18)10-4-2-3-5-11(10)16-14(17)20/h2-8H,1H3,(H,16,20). The molecule has 3 rings (SSSR count). The number of para-hydroxylation sites is 1. The molecule has 0 amide bonds. The number of fused-ring (bicyclic) bond motifs is 1. The lowest BCUT2D eigenvalue weighted by Gasteiger charge is -2.08. The summed E-state index contributed by atoms with van der Waals surface area (Å²) in [4.78, 5) is 19.7. The van der Waals surface area contributed by atoms with Crippen LogP contribution in [0.4, 0.5) is 0 Å². The predicted octanol–water partition coefficient (Wildman–Crippen LogP) is 2.45. The van der Waals surface area contributed by atoms with Gasteiger partial charge in [-0.1, -0.05) is 12.1 Å². The highest BCUT2D eigenvalue weighted by Gasteiger charge is 2.07. The number of nitrogens with one attached hydrogen (secondary N) is 1. The van der Waals surface area contributed by atoms with Gasteiger partial charge in [0, 0.05) is 6.07 Å². The van der Waals surface area contributed by atoms with Crippen molar-refractivity contribution in [3.05, 3.63) is 57.7 Å². The number of methoxy groups -OCH3 is 1. The molecule has 0 aliphatic carbocycles. The summed E-state index contributed by atoms with van der Waals surface area (Å²) in [5.74, 6) is 0.484. The summed E-state index contributed by atoms with van der Waals surface area (Å²) < 4.78 is 6.76. The molecule has 3 aromatic rings. The van der Waals surface area contributed by atoms with Gasteiger partial charge in [0.1, 0.15) is 0 Å². The van der Waals surface area contributed by atoms with Crippen LogP contribution in [0.5, 0.6) is 5.88 Å². The fraction of sp³-hybridized carbons (Fsp3) is 0.0714. The van der Waals surface area contributed by atoms with E-state index >= 15 is 0 Å². The number of benzene rings is 1. The van der Waals surface area contributed by atoms with Crippen LogP contribution in [-0.4, -0.2) is 21.6 Å². The van der Waals surface area contributed by atoms with E-state index in [9.17, 15) is 4.79 Å². The van der Waals surface area contributed by atoms with Crippen molar-refractivity contribution in [3.63, 3.8) is 0 Å². The molecule has 1 aromatic carbocycles. The van der Waals surface area contributed by atoms with Gasteiger partial charge in [-0.25, -0.2) is 4.98 Å². The molecule has 2 heterocycles. The minimum atomic E-state index is -0.170. The summed E-state index contributed by atoms with van der Waals surface area (Å²) in [6.45, 7) is 0. The van der Waals surface area contributed by atoms with E-state index in [1.54, 1.807) is 24.4 Å². The van der Waals surface area contributed by atoms with Gasteiger partial charge in [0.05, 0.1) is 29.9 Å². The second kappa shape index (κ2) is 4.90. The molecule has 2 aromatic heterocycles. The van der Waals surface area contributed by atoms with E-state index in [0.717, 1.165) is 5.52 Å². The monoisotopic (exact) mass is 285 g/mol. The number of H-pyrrole nitrogens is 1. The van der Waals surface area contributed by atoms with Crippen LogP contribution in [0.15, 0.2) is 47.4 Å². The SMILES string of the molecule is COc1ccc(-n2c(=S)[nH]c3ccccc3c2=O)cn1. The first-order valence-electron chi connectivity index (χ1n) is 5.95. The van der Waals surface area contributed by atoms with E-state index in [4.69, 9.17) is 17.0 Å². The van der Waals surface area contributed by atoms with Gasteiger partial charge in [-0.3, -0.25) is 9.36 Å². The molecule has 20 heavy (non-hydrogen) atoms. The Morgan fingerprint density at radius 1 is 1.25 bits per heavy atom. The molecule has 6 heteroatoms.